The molecule has 0 aliphatic carbocycles. The third-order valence-electron chi connectivity index (χ3n) is 4.77. The molecule has 0 aliphatic heterocycles. The summed E-state index contributed by atoms with van der Waals surface area (Å²) < 4.78 is 21.0. The summed E-state index contributed by atoms with van der Waals surface area (Å²) in [7, 11) is 1.56. The number of halogens is 1. The fourth-order valence-electron chi connectivity index (χ4n) is 3.22. The maximum atomic E-state index is 13.1. The van der Waals surface area contributed by atoms with Crippen molar-refractivity contribution in [3.05, 3.63) is 92.2 Å². The Morgan fingerprint density at radius 1 is 1.03 bits per heavy atom. The van der Waals surface area contributed by atoms with Crippen LogP contribution in [0.2, 0.25) is 0 Å². The number of nitrogens with one attached hydrogen (secondary N) is 1. The first-order chi connectivity index (χ1) is 15.0. The summed E-state index contributed by atoms with van der Waals surface area (Å²) in [6.07, 6.45) is 0. The Morgan fingerprint density at radius 3 is 2.42 bits per heavy atom. The summed E-state index contributed by atoms with van der Waals surface area (Å²) in [5.41, 5.74) is 0.577. The summed E-state index contributed by atoms with van der Waals surface area (Å²) in [6.45, 7) is -0.221. The molecule has 0 unspecified atom stereocenters. The number of hydrogen-bond donors (Lipinski definition) is 1. The van der Waals surface area contributed by atoms with Crippen molar-refractivity contribution >= 4 is 33.1 Å². The number of hydrogen-bond acceptors (Lipinski definition) is 5. The van der Waals surface area contributed by atoms with Gasteiger partial charge < -0.3 is 10.1 Å². The Morgan fingerprint density at radius 2 is 1.74 bits per heavy atom. The highest BCUT2D eigenvalue weighted by molar-refractivity contribution is 7.17. The molecule has 4 rings (SSSR count). The first-order valence-corrected chi connectivity index (χ1v) is 10.2. The van der Waals surface area contributed by atoms with Gasteiger partial charge in [0.15, 0.2) is 0 Å². The number of methoxy groups -OCH3 is 1. The van der Waals surface area contributed by atoms with Crippen LogP contribution in [0.1, 0.15) is 5.56 Å². The fourth-order valence-corrected chi connectivity index (χ4v) is 4.06. The molecule has 158 valence electrons. The predicted octanol–water partition coefficient (Wildman–Crippen LogP) is 3.06. The van der Waals surface area contributed by atoms with Crippen LogP contribution in [-0.4, -0.2) is 22.2 Å². The molecular formula is C22H18FN3O4S. The highest BCUT2D eigenvalue weighted by Gasteiger charge is 2.17. The number of anilines is 1. The van der Waals surface area contributed by atoms with Gasteiger partial charge in [-0.3, -0.25) is 18.7 Å². The lowest BCUT2D eigenvalue weighted by atomic mass is 10.2. The van der Waals surface area contributed by atoms with Crippen molar-refractivity contribution < 1.29 is 13.9 Å². The molecule has 0 radical (unpaired) electrons. The Hall–Kier alpha value is -3.72. The normalized spacial score (nSPS) is 10.9. The number of thiophene rings is 1. The Kier molecular flexibility index (Phi) is 5.68. The van der Waals surface area contributed by atoms with E-state index in [4.69, 9.17) is 4.74 Å². The molecule has 1 amide bonds. The van der Waals surface area contributed by atoms with E-state index in [2.05, 4.69) is 5.32 Å². The van der Waals surface area contributed by atoms with Crippen LogP contribution in [0.25, 0.3) is 10.2 Å². The second-order valence-electron chi connectivity index (χ2n) is 6.80. The van der Waals surface area contributed by atoms with Crippen LogP contribution in [0.15, 0.2) is 69.6 Å². The van der Waals surface area contributed by atoms with E-state index in [0.717, 1.165) is 10.1 Å². The fraction of sp³-hybridized carbons (Fsp3) is 0.136. The number of ether oxygens (including phenoxy) is 1. The first kappa shape index (κ1) is 20.5. The highest BCUT2D eigenvalue weighted by Crippen LogP contribution is 2.17. The zero-order valence-corrected chi connectivity index (χ0v) is 17.3. The van der Waals surface area contributed by atoms with Crippen molar-refractivity contribution in [1.29, 1.82) is 0 Å². The largest absolute Gasteiger partial charge is 0.497 e. The molecule has 2 aromatic carbocycles. The van der Waals surface area contributed by atoms with Gasteiger partial charge in [0, 0.05) is 5.69 Å². The van der Waals surface area contributed by atoms with Crippen molar-refractivity contribution in [2.45, 2.75) is 13.1 Å². The number of aromatic nitrogens is 2. The molecule has 0 bridgehead atoms. The molecule has 7 nitrogen and oxygen atoms in total. The van der Waals surface area contributed by atoms with E-state index in [9.17, 15) is 18.8 Å². The summed E-state index contributed by atoms with van der Waals surface area (Å²) in [5, 5.41) is 4.34. The van der Waals surface area contributed by atoms with E-state index in [1.165, 1.54) is 40.2 Å². The van der Waals surface area contributed by atoms with Gasteiger partial charge in [0.05, 0.1) is 19.2 Å². The standard InChI is InChI=1S/C22H18FN3O4S/c1-30-17-8-2-14(3-9-17)12-26-21(28)20-18(10-11-31-20)25(22(26)29)13-19(27)24-16-6-4-15(23)5-7-16/h2-11H,12-13H2,1H3,(H,24,27). The number of fused-ring (bicyclic) bond motifs is 1. The monoisotopic (exact) mass is 439 g/mol. The minimum absolute atomic E-state index is 0.0646. The van der Waals surface area contributed by atoms with Crippen LogP contribution in [0.5, 0.6) is 5.75 Å². The lowest BCUT2D eigenvalue weighted by Crippen LogP contribution is -2.41. The van der Waals surface area contributed by atoms with Crippen molar-refractivity contribution in [1.82, 2.24) is 9.13 Å². The van der Waals surface area contributed by atoms with Crippen molar-refractivity contribution in [2.75, 3.05) is 12.4 Å². The van der Waals surface area contributed by atoms with Gasteiger partial charge in [-0.05, 0) is 53.4 Å². The lowest BCUT2D eigenvalue weighted by Gasteiger charge is -2.13. The topological polar surface area (TPSA) is 82.3 Å². The molecule has 2 aromatic heterocycles. The summed E-state index contributed by atoms with van der Waals surface area (Å²) >= 11 is 1.21. The van der Waals surface area contributed by atoms with Gasteiger partial charge in [-0.25, -0.2) is 9.18 Å². The zero-order chi connectivity index (χ0) is 22.0. The Labute approximate surface area is 180 Å². The maximum absolute atomic E-state index is 13.1. The number of rotatable bonds is 6. The van der Waals surface area contributed by atoms with Gasteiger partial charge in [-0.2, -0.15) is 0 Å². The summed E-state index contributed by atoms with van der Waals surface area (Å²) in [5.74, 6) is -0.213. The molecule has 31 heavy (non-hydrogen) atoms. The SMILES string of the molecule is COc1ccc(Cn2c(=O)c3sccc3n(CC(=O)Nc3ccc(F)cc3)c2=O)cc1. The second kappa shape index (κ2) is 8.57. The van der Waals surface area contributed by atoms with Crippen molar-refractivity contribution in [3.8, 4) is 5.75 Å². The predicted molar refractivity (Wildman–Crippen MR) is 117 cm³/mol. The van der Waals surface area contributed by atoms with Crippen molar-refractivity contribution in [3.63, 3.8) is 0 Å². The molecule has 4 aromatic rings. The van der Waals surface area contributed by atoms with Crippen LogP contribution in [0, 0.1) is 5.82 Å². The van der Waals surface area contributed by atoms with E-state index in [-0.39, 0.29) is 13.1 Å². The van der Waals surface area contributed by atoms with Gasteiger partial charge in [0.2, 0.25) is 5.91 Å². The highest BCUT2D eigenvalue weighted by atomic mass is 32.1. The minimum atomic E-state index is -0.582. The van der Waals surface area contributed by atoms with Crippen LogP contribution >= 0.6 is 11.3 Å². The molecule has 0 atom stereocenters. The number of carbonyl (C=O) groups excluding carboxylic acids is 1. The Balaban J connectivity index is 1.68. The minimum Gasteiger partial charge on any atom is -0.497 e. The van der Waals surface area contributed by atoms with E-state index in [1.54, 1.807) is 42.8 Å². The molecule has 0 aliphatic rings. The molecular weight excluding hydrogens is 421 g/mol. The smallest absolute Gasteiger partial charge is 0.332 e. The summed E-state index contributed by atoms with van der Waals surface area (Å²) in [4.78, 5) is 38.6. The van der Waals surface area contributed by atoms with Crippen LogP contribution < -0.4 is 21.3 Å². The molecule has 0 fully saturated rings. The molecule has 0 saturated carbocycles. The number of nitrogens with zero attached hydrogens (tertiary/aromatic N) is 2. The van der Waals surface area contributed by atoms with E-state index >= 15 is 0 Å². The van der Waals surface area contributed by atoms with Gasteiger partial charge in [-0.1, -0.05) is 12.1 Å². The molecule has 1 N–H and O–H groups in total. The average molecular weight is 439 g/mol. The molecule has 0 spiro atoms. The van der Waals surface area contributed by atoms with Gasteiger partial charge >= 0.3 is 5.69 Å². The van der Waals surface area contributed by atoms with Gasteiger partial charge in [0.1, 0.15) is 22.8 Å². The second-order valence-corrected chi connectivity index (χ2v) is 7.71. The number of amides is 1. The average Bonchev–Trinajstić information content (AvgIpc) is 3.26. The van der Waals surface area contributed by atoms with Crippen LogP contribution in [0.4, 0.5) is 10.1 Å². The molecule has 9 heteroatoms. The third-order valence-corrected chi connectivity index (χ3v) is 5.66. The summed E-state index contributed by atoms with van der Waals surface area (Å²) in [6, 6.07) is 14.0. The van der Waals surface area contributed by atoms with Gasteiger partial charge in [0.25, 0.3) is 5.56 Å². The Bertz CT molecular complexity index is 1360. The first-order valence-electron chi connectivity index (χ1n) is 9.35. The van der Waals surface area contributed by atoms with E-state index < -0.39 is 23.0 Å². The number of benzene rings is 2. The maximum Gasteiger partial charge on any atom is 0.332 e. The lowest BCUT2D eigenvalue weighted by molar-refractivity contribution is -0.116. The van der Waals surface area contributed by atoms with E-state index in [1.807, 2.05) is 0 Å². The quantitative estimate of drug-likeness (QED) is 0.501. The van der Waals surface area contributed by atoms with Gasteiger partial charge in [-0.15, -0.1) is 11.3 Å². The van der Waals surface area contributed by atoms with Crippen LogP contribution in [0.3, 0.4) is 0 Å². The number of carbonyl (C=O) groups is 1. The van der Waals surface area contributed by atoms with Crippen molar-refractivity contribution in [2.24, 2.45) is 0 Å². The van der Waals surface area contributed by atoms with Crippen LogP contribution in [-0.2, 0) is 17.9 Å². The zero-order valence-electron chi connectivity index (χ0n) is 16.5. The van der Waals surface area contributed by atoms with E-state index in [0.29, 0.717) is 21.7 Å². The molecule has 0 saturated heterocycles. The third kappa shape index (κ3) is 4.26. The molecule has 2 heterocycles.